The van der Waals surface area contributed by atoms with E-state index in [2.05, 4.69) is 12.3 Å². The molecule has 0 spiro atoms. The molecule has 0 aromatic rings. The maximum absolute atomic E-state index is 5.72. The van der Waals surface area contributed by atoms with Crippen molar-refractivity contribution in [1.29, 1.82) is 0 Å². The summed E-state index contributed by atoms with van der Waals surface area (Å²) in [6.45, 7) is 3.13. The molecular formula is C12H24N2O. The van der Waals surface area contributed by atoms with Crippen LogP contribution in [0, 0.1) is 11.8 Å². The second-order valence-corrected chi connectivity index (χ2v) is 5.06. The molecule has 0 bridgehead atoms. The minimum atomic E-state index is 0.435. The van der Waals surface area contributed by atoms with Gasteiger partial charge in [-0.25, -0.2) is 0 Å². The lowest BCUT2D eigenvalue weighted by molar-refractivity contribution is 0.0760. The van der Waals surface area contributed by atoms with Crippen LogP contribution in [0.15, 0.2) is 0 Å². The minimum absolute atomic E-state index is 0.435. The molecule has 1 saturated heterocycles. The lowest BCUT2D eigenvalue weighted by Crippen LogP contribution is -2.43. The summed E-state index contributed by atoms with van der Waals surface area (Å²) in [6.07, 6.45) is 8.19. The van der Waals surface area contributed by atoms with Gasteiger partial charge in [0.2, 0.25) is 0 Å². The number of rotatable bonds is 6. The molecule has 1 saturated carbocycles. The van der Waals surface area contributed by atoms with Crippen LogP contribution in [0.25, 0.3) is 0 Å². The summed E-state index contributed by atoms with van der Waals surface area (Å²) in [7, 11) is 0. The summed E-state index contributed by atoms with van der Waals surface area (Å²) in [4.78, 5) is 0. The van der Waals surface area contributed by atoms with Crippen LogP contribution in [-0.2, 0) is 4.74 Å². The van der Waals surface area contributed by atoms with E-state index < -0.39 is 0 Å². The lowest BCUT2D eigenvalue weighted by Gasteiger charge is -2.26. The zero-order valence-electron chi connectivity index (χ0n) is 9.74. The summed E-state index contributed by atoms with van der Waals surface area (Å²) in [5.74, 6) is 7.31. The third-order valence-corrected chi connectivity index (χ3v) is 3.98. The summed E-state index contributed by atoms with van der Waals surface area (Å²) in [5.41, 5.74) is 3.01. The van der Waals surface area contributed by atoms with Crippen LogP contribution < -0.4 is 11.3 Å². The van der Waals surface area contributed by atoms with Gasteiger partial charge in [-0.15, -0.1) is 0 Å². The average Bonchev–Trinajstić information content (AvgIpc) is 2.96. The fourth-order valence-corrected chi connectivity index (χ4v) is 2.79. The van der Waals surface area contributed by atoms with E-state index in [0.717, 1.165) is 18.9 Å². The Labute approximate surface area is 92.7 Å². The Morgan fingerprint density at radius 3 is 2.80 bits per heavy atom. The summed E-state index contributed by atoms with van der Waals surface area (Å²) < 4.78 is 5.72. The molecule has 1 aliphatic carbocycles. The van der Waals surface area contributed by atoms with Crippen molar-refractivity contribution in [2.45, 2.75) is 57.6 Å². The van der Waals surface area contributed by atoms with Crippen molar-refractivity contribution in [2.75, 3.05) is 6.61 Å². The Balaban J connectivity index is 1.80. The normalized spacial score (nSPS) is 33.2. The highest BCUT2D eigenvalue weighted by Gasteiger charge is 2.34. The fraction of sp³-hybridized carbons (Fsp3) is 1.00. The molecule has 15 heavy (non-hydrogen) atoms. The smallest absolute Gasteiger partial charge is 0.0616 e. The first-order valence-electron chi connectivity index (χ1n) is 6.42. The Kier molecular flexibility index (Phi) is 4.00. The average molecular weight is 212 g/mol. The lowest BCUT2D eigenvalue weighted by atomic mass is 9.88. The third-order valence-electron chi connectivity index (χ3n) is 3.98. The topological polar surface area (TPSA) is 47.3 Å². The van der Waals surface area contributed by atoms with E-state index in [4.69, 9.17) is 10.6 Å². The molecule has 0 radical (unpaired) electrons. The number of nitrogens with two attached hydrogens (primary N) is 1. The third kappa shape index (κ3) is 2.92. The molecule has 88 valence electrons. The molecule has 3 unspecified atom stereocenters. The molecule has 2 rings (SSSR count). The summed E-state index contributed by atoms with van der Waals surface area (Å²) >= 11 is 0. The standard InChI is InChI=1S/C12H24N2O/c1-2-12-10(7-8-15-12)11(14-13)6-5-9-3-4-9/h9-12,14H,2-8,13H2,1H3. The van der Waals surface area contributed by atoms with Gasteiger partial charge in [0.25, 0.3) is 0 Å². The monoisotopic (exact) mass is 212 g/mol. The van der Waals surface area contributed by atoms with Crippen LogP contribution >= 0.6 is 0 Å². The van der Waals surface area contributed by atoms with Crippen molar-refractivity contribution in [3.05, 3.63) is 0 Å². The van der Waals surface area contributed by atoms with Gasteiger partial charge in [0, 0.05) is 18.6 Å². The molecule has 0 aromatic carbocycles. The minimum Gasteiger partial charge on any atom is -0.378 e. The number of ether oxygens (including phenoxy) is 1. The highest BCUT2D eigenvalue weighted by atomic mass is 16.5. The van der Waals surface area contributed by atoms with Crippen LogP contribution in [0.2, 0.25) is 0 Å². The van der Waals surface area contributed by atoms with Crippen LogP contribution in [0.4, 0.5) is 0 Å². The molecule has 1 heterocycles. The molecule has 0 amide bonds. The van der Waals surface area contributed by atoms with E-state index in [9.17, 15) is 0 Å². The SMILES string of the molecule is CCC1OCCC1C(CCC1CC1)NN. The van der Waals surface area contributed by atoms with Crippen molar-refractivity contribution >= 4 is 0 Å². The quantitative estimate of drug-likeness (QED) is 0.521. The summed E-state index contributed by atoms with van der Waals surface area (Å²) in [6, 6.07) is 0.470. The Bertz CT molecular complexity index is 194. The molecule has 3 heteroatoms. The van der Waals surface area contributed by atoms with Crippen LogP contribution in [0.3, 0.4) is 0 Å². The highest BCUT2D eigenvalue weighted by Crippen LogP contribution is 2.36. The van der Waals surface area contributed by atoms with E-state index in [1.165, 1.54) is 32.1 Å². The van der Waals surface area contributed by atoms with Gasteiger partial charge in [0.15, 0.2) is 0 Å². The maximum atomic E-state index is 5.72. The Morgan fingerprint density at radius 2 is 2.20 bits per heavy atom. The largest absolute Gasteiger partial charge is 0.378 e. The molecule has 3 nitrogen and oxygen atoms in total. The molecule has 0 aromatic heterocycles. The number of hydrogen-bond donors (Lipinski definition) is 2. The van der Waals surface area contributed by atoms with Crippen LogP contribution in [-0.4, -0.2) is 18.8 Å². The predicted octanol–water partition coefficient (Wildman–Crippen LogP) is 1.82. The van der Waals surface area contributed by atoms with E-state index in [1.807, 2.05) is 0 Å². The first kappa shape index (κ1) is 11.4. The van der Waals surface area contributed by atoms with Crippen LogP contribution in [0.1, 0.15) is 45.4 Å². The Hall–Kier alpha value is -0.120. The van der Waals surface area contributed by atoms with Gasteiger partial charge < -0.3 is 4.74 Å². The second-order valence-electron chi connectivity index (χ2n) is 5.06. The molecule has 2 aliphatic rings. The molecule has 3 N–H and O–H groups in total. The van der Waals surface area contributed by atoms with E-state index in [-0.39, 0.29) is 0 Å². The van der Waals surface area contributed by atoms with Gasteiger partial charge in [-0.05, 0) is 31.6 Å². The van der Waals surface area contributed by atoms with Gasteiger partial charge in [0.1, 0.15) is 0 Å². The first-order chi connectivity index (χ1) is 7.35. The fourth-order valence-electron chi connectivity index (χ4n) is 2.79. The zero-order valence-corrected chi connectivity index (χ0v) is 9.74. The van der Waals surface area contributed by atoms with Gasteiger partial charge in [-0.2, -0.15) is 0 Å². The summed E-state index contributed by atoms with van der Waals surface area (Å²) in [5, 5.41) is 0. The van der Waals surface area contributed by atoms with Gasteiger partial charge in [-0.1, -0.05) is 19.8 Å². The van der Waals surface area contributed by atoms with Gasteiger partial charge in [-0.3, -0.25) is 11.3 Å². The zero-order chi connectivity index (χ0) is 10.7. The van der Waals surface area contributed by atoms with Crippen molar-refractivity contribution in [2.24, 2.45) is 17.7 Å². The van der Waals surface area contributed by atoms with E-state index >= 15 is 0 Å². The maximum Gasteiger partial charge on any atom is 0.0616 e. The highest BCUT2D eigenvalue weighted by molar-refractivity contribution is 4.86. The van der Waals surface area contributed by atoms with Crippen molar-refractivity contribution in [3.8, 4) is 0 Å². The molecular weight excluding hydrogens is 188 g/mol. The number of hydrazine groups is 1. The second kappa shape index (κ2) is 5.28. The molecule has 2 fully saturated rings. The number of hydrogen-bond acceptors (Lipinski definition) is 3. The van der Waals surface area contributed by atoms with Crippen molar-refractivity contribution in [1.82, 2.24) is 5.43 Å². The first-order valence-corrected chi connectivity index (χ1v) is 6.42. The van der Waals surface area contributed by atoms with Gasteiger partial charge in [0.05, 0.1) is 6.10 Å². The molecule has 1 aliphatic heterocycles. The van der Waals surface area contributed by atoms with E-state index in [1.54, 1.807) is 0 Å². The molecule has 3 atom stereocenters. The predicted molar refractivity (Wildman–Crippen MR) is 61.2 cm³/mol. The Morgan fingerprint density at radius 1 is 1.40 bits per heavy atom. The van der Waals surface area contributed by atoms with Crippen molar-refractivity contribution in [3.63, 3.8) is 0 Å². The van der Waals surface area contributed by atoms with Crippen LogP contribution in [0.5, 0.6) is 0 Å². The van der Waals surface area contributed by atoms with E-state index in [0.29, 0.717) is 18.1 Å². The van der Waals surface area contributed by atoms with Crippen molar-refractivity contribution < 1.29 is 4.74 Å². The number of nitrogens with one attached hydrogen (secondary N) is 1. The van der Waals surface area contributed by atoms with Gasteiger partial charge >= 0.3 is 0 Å².